The number of hydrogen-bond donors (Lipinski definition) is 0. The Kier molecular flexibility index (Phi) is 5.21. The lowest BCUT2D eigenvalue weighted by molar-refractivity contribution is 0.461. The van der Waals surface area contributed by atoms with Crippen LogP contribution < -0.4 is 4.74 Å². The van der Waals surface area contributed by atoms with E-state index in [2.05, 4.69) is 27.1 Å². The maximum absolute atomic E-state index is 5.91. The summed E-state index contributed by atoms with van der Waals surface area (Å²) in [7, 11) is 0. The van der Waals surface area contributed by atoms with Gasteiger partial charge in [-0.25, -0.2) is 9.97 Å². The summed E-state index contributed by atoms with van der Waals surface area (Å²) in [5.74, 6) is 1.38. The Bertz CT molecular complexity index is 1000. The van der Waals surface area contributed by atoms with E-state index in [-0.39, 0.29) is 0 Å². The molecule has 27 heavy (non-hydrogen) atoms. The zero-order valence-electron chi connectivity index (χ0n) is 15.0. The van der Waals surface area contributed by atoms with Crippen molar-refractivity contribution < 1.29 is 4.74 Å². The molecule has 4 rings (SSSR count). The first-order valence-electron chi connectivity index (χ1n) is 8.81. The summed E-state index contributed by atoms with van der Waals surface area (Å²) in [6, 6.07) is 16.0. The highest BCUT2D eigenvalue weighted by molar-refractivity contribution is 7.13. The van der Waals surface area contributed by atoms with Crippen LogP contribution in [0.5, 0.6) is 11.6 Å². The van der Waals surface area contributed by atoms with Gasteiger partial charge in [-0.3, -0.25) is 4.98 Å². The summed E-state index contributed by atoms with van der Waals surface area (Å²) in [5.41, 5.74) is 4.55. The fraction of sp³-hybridized carbons (Fsp3) is 0.136. The second-order valence-electron chi connectivity index (χ2n) is 6.22. The molecule has 3 aromatic heterocycles. The number of nitrogens with zero attached hydrogens (tertiary/aromatic N) is 3. The molecule has 0 saturated heterocycles. The lowest BCUT2D eigenvalue weighted by Gasteiger charge is -2.09. The molecule has 0 unspecified atom stereocenters. The molecule has 0 saturated carbocycles. The minimum atomic E-state index is 0.611. The fourth-order valence-electron chi connectivity index (χ4n) is 2.87. The molecule has 1 aromatic carbocycles. The molecule has 0 aliphatic carbocycles. The lowest BCUT2D eigenvalue weighted by atomic mass is 10.1. The molecular formula is C22H19N3OS. The predicted molar refractivity (Wildman–Crippen MR) is 108 cm³/mol. The first-order valence-corrected chi connectivity index (χ1v) is 9.69. The summed E-state index contributed by atoms with van der Waals surface area (Å²) in [4.78, 5) is 13.1. The van der Waals surface area contributed by atoms with Gasteiger partial charge in [0.25, 0.3) is 0 Å². The van der Waals surface area contributed by atoms with Gasteiger partial charge in [0.2, 0.25) is 5.88 Å². The zero-order valence-corrected chi connectivity index (χ0v) is 15.8. The third-order valence-corrected chi connectivity index (χ3v) is 5.15. The van der Waals surface area contributed by atoms with Crippen molar-refractivity contribution in [1.82, 2.24) is 15.0 Å². The van der Waals surface area contributed by atoms with Crippen molar-refractivity contribution in [2.75, 3.05) is 0 Å². The SMILES string of the molecule is Cc1nc(Oc2ccc(-c3nccs3)cc2)ccc1CCc1cccnc1. The van der Waals surface area contributed by atoms with Crippen molar-refractivity contribution in [2.45, 2.75) is 19.8 Å². The number of pyridine rings is 2. The van der Waals surface area contributed by atoms with Gasteiger partial charge in [-0.15, -0.1) is 11.3 Å². The van der Waals surface area contributed by atoms with Gasteiger partial charge in [-0.05, 0) is 61.2 Å². The molecule has 0 spiro atoms. The van der Waals surface area contributed by atoms with Gasteiger partial charge in [-0.2, -0.15) is 0 Å². The molecule has 134 valence electrons. The molecule has 5 heteroatoms. The average Bonchev–Trinajstić information content (AvgIpc) is 3.24. The normalized spacial score (nSPS) is 10.7. The molecule has 0 fully saturated rings. The van der Waals surface area contributed by atoms with Crippen LogP contribution in [0.25, 0.3) is 10.6 Å². The van der Waals surface area contributed by atoms with Crippen molar-refractivity contribution >= 4 is 11.3 Å². The zero-order chi connectivity index (χ0) is 18.5. The highest BCUT2D eigenvalue weighted by Crippen LogP contribution is 2.26. The van der Waals surface area contributed by atoms with Crippen LogP contribution in [0.4, 0.5) is 0 Å². The van der Waals surface area contributed by atoms with Gasteiger partial charge < -0.3 is 4.74 Å². The second kappa shape index (κ2) is 8.10. The average molecular weight is 373 g/mol. The summed E-state index contributed by atoms with van der Waals surface area (Å²) in [6.45, 7) is 2.02. The highest BCUT2D eigenvalue weighted by Gasteiger charge is 2.06. The van der Waals surface area contributed by atoms with Gasteiger partial charge in [0.1, 0.15) is 10.8 Å². The van der Waals surface area contributed by atoms with E-state index in [1.54, 1.807) is 17.5 Å². The van der Waals surface area contributed by atoms with Crippen LogP contribution in [-0.4, -0.2) is 15.0 Å². The number of aryl methyl sites for hydroxylation is 3. The van der Waals surface area contributed by atoms with Crippen LogP contribution in [0.1, 0.15) is 16.8 Å². The molecule has 0 bridgehead atoms. The molecule has 0 aliphatic heterocycles. The number of hydrogen-bond acceptors (Lipinski definition) is 5. The Morgan fingerprint density at radius 1 is 0.963 bits per heavy atom. The summed E-state index contributed by atoms with van der Waals surface area (Å²) < 4.78 is 5.91. The molecule has 0 atom stereocenters. The third kappa shape index (κ3) is 4.38. The molecule has 0 N–H and O–H groups in total. The topological polar surface area (TPSA) is 47.9 Å². The Balaban J connectivity index is 1.41. The molecule has 0 amide bonds. The first kappa shape index (κ1) is 17.4. The first-order chi connectivity index (χ1) is 13.3. The van der Waals surface area contributed by atoms with E-state index in [9.17, 15) is 0 Å². The second-order valence-corrected chi connectivity index (χ2v) is 7.11. The Hall–Kier alpha value is -3.05. The molecule has 0 radical (unpaired) electrons. The molecular weight excluding hydrogens is 354 g/mol. The molecule has 3 heterocycles. The molecule has 0 aliphatic rings. The van der Waals surface area contributed by atoms with Crippen LogP contribution in [0.2, 0.25) is 0 Å². The van der Waals surface area contributed by atoms with E-state index in [4.69, 9.17) is 4.74 Å². The Labute approximate surface area is 162 Å². The van der Waals surface area contributed by atoms with E-state index in [1.165, 1.54) is 11.1 Å². The summed E-state index contributed by atoms with van der Waals surface area (Å²) in [5, 5.41) is 2.98. The van der Waals surface area contributed by atoms with Crippen LogP contribution in [0.15, 0.2) is 72.5 Å². The largest absolute Gasteiger partial charge is 0.439 e. The predicted octanol–water partition coefficient (Wildman–Crippen LogP) is 5.49. The van der Waals surface area contributed by atoms with Gasteiger partial charge in [-0.1, -0.05) is 12.1 Å². The van der Waals surface area contributed by atoms with Crippen LogP contribution in [-0.2, 0) is 12.8 Å². The Morgan fingerprint density at radius 3 is 2.56 bits per heavy atom. The van der Waals surface area contributed by atoms with Gasteiger partial charge in [0.15, 0.2) is 0 Å². The van der Waals surface area contributed by atoms with E-state index in [1.807, 2.05) is 61.1 Å². The number of benzene rings is 1. The Morgan fingerprint density at radius 2 is 1.85 bits per heavy atom. The van der Waals surface area contributed by atoms with Crippen molar-refractivity contribution in [2.24, 2.45) is 0 Å². The monoisotopic (exact) mass is 373 g/mol. The number of thiazole rings is 1. The number of ether oxygens (including phenoxy) is 1. The van der Waals surface area contributed by atoms with Crippen molar-refractivity contribution in [3.8, 4) is 22.2 Å². The minimum absolute atomic E-state index is 0.611. The third-order valence-electron chi connectivity index (χ3n) is 4.33. The van der Waals surface area contributed by atoms with Crippen LogP contribution in [0.3, 0.4) is 0 Å². The van der Waals surface area contributed by atoms with Crippen LogP contribution in [0, 0.1) is 6.92 Å². The van der Waals surface area contributed by atoms with E-state index in [0.29, 0.717) is 5.88 Å². The minimum Gasteiger partial charge on any atom is -0.439 e. The van der Waals surface area contributed by atoms with E-state index >= 15 is 0 Å². The molecule has 4 nitrogen and oxygen atoms in total. The quantitative estimate of drug-likeness (QED) is 0.449. The van der Waals surface area contributed by atoms with Crippen molar-refractivity contribution in [1.29, 1.82) is 0 Å². The smallest absolute Gasteiger partial charge is 0.219 e. The number of rotatable bonds is 6. The fourth-order valence-corrected chi connectivity index (χ4v) is 3.51. The number of aromatic nitrogens is 3. The summed E-state index contributed by atoms with van der Waals surface area (Å²) >= 11 is 1.62. The van der Waals surface area contributed by atoms with Gasteiger partial charge >= 0.3 is 0 Å². The van der Waals surface area contributed by atoms with E-state index < -0.39 is 0 Å². The maximum Gasteiger partial charge on any atom is 0.219 e. The summed E-state index contributed by atoms with van der Waals surface area (Å²) in [6.07, 6.45) is 7.41. The van der Waals surface area contributed by atoms with Crippen molar-refractivity contribution in [3.05, 3.63) is 89.3 Å². The van der Waals surface area contributed by atoms with E-state index in [0.717, 1.165) is 34.9 Å². The van der Waals surface area contributed by atoms with Gasteiger partial charge in [0.05, 0.1) is 0 Å². The lowest BCUT2D eigenvalue weighted by Crippen LogP contribution is -1.98. The van der Waals surface area contributed by atoms with Crippen molar-refractivity contribution in [3.63, 3.8) is 0 Å². The highest BCUT2D eigenvalue weighted by atomic mass is 32.1. The maximum atomic E-state index is 5.91. The molecule has 4 aromatic rings. The van der Waals surface area contributed by atoms with Gasteiger partial charge in [0, 0.05) is 41.3 Å². The standard InChI is InChI=1S/C22H19N3OS/c1-16-18(5-4-17-3-2-12-23-15-17)8-11-21(25-16)26-20-9-6-19(7-10-20)22-24-13-14-27-22/h2-3,6-15H,4-5H2,1H3. The van der Waals surface area contributed by atoms with Crippen LogP contribution >= 0.6 is 11.3 Å².